The van der Waals surface area contributed by atoms with Crippen LogP contribution in [0.5, 0.6) is 5.75 Å². The molecule has 2 N–H and O–H groups in total. The third-order valence-corrected chi connectivity index (χ3v) is 3.80. The molecule has 0 spiro atoms. The molecule has 1 saturated carbocycles. The smallest absolute Gasteiger partial charge is 0.122 e. The number of rotatable bonds is 2. The van der Waals surface area contributed by atoms with Crippen molar-refractivity contribution in [2.45, 2.75) is 18.8 Å². The Hall–Kier alpha value is -1.02. The molecule has 0 saturated heterocycles. The molecule has 1 unspecified atom stereocenters. The summed E-state index contributed by atoms with van der Waals surface area (Å²) >= 11 is 0. The van der Waals surface area contributed by atoms with Crippen LogP contribution in [0, 0.1) is 11.8 Å². The van der Waals surface area contributed by atoms with Crippen molar-refractivity contribution in [2.24, 2.45) is 17.6 Å². The summed E-state index contributed by atoms with van der Waals surface area (Å²) in [5.74, 6) is 3.38. The van der Waals surface area contributed by atoms with Gasteiger partial charge in [0.2, 0.25) is 0 Å². The molecule has 2 nitrogen and oxygen atoms in total. The second-order valence-corrected chi connectivity index (χ2v) is 4.68. The minimum atomic E-state index is 0.698. The van der Waals surface area contributed by atoms with Gasteiger partial charge in [0.25, 0.3) is 0 Å². The van der Waals surface area contributed by atoms with Crippen molar-refractivity contribution in [1.82, 2.24) is 0 Å². The summed E-state index contributed by atoms with van der Waals surface area (Å²) in [6.45, 7) is 1.72. The first-order chi connectivity index (χ1) is 7.40. The molecule has 3 atom stereocenters. The van der Waals surface area contributed by atoms with Crippen molar-refractivity contribution in [3.8, 4) is 5.75 Å². The van der Waals surface area contributed by atoms with Crippen LogP contribution in [0.3, 0.4) is 0 Å². The Morgan fingerprint density at radius 2 is 2.20 bits per heavy atom. The minimum Gasteiger partial charge on any atom is -0.493 e. The van der Waals surface area contributed by atoms with Gasteiger partial charge in [-0.2, -0.15) is 0 Å². The summed E-state index contributed by atoms with van der Waals surface area (Å²) in [5.41, 5.74) is 7.13. The highest BCUT2D eigenvalue weighted by molar-refractivity contribution is 5.39. The average molecular weight is 203 g/mol. The quantitative estimate of drug-likeness (QED) is 0.799. The van der Waals surface area contributed by atoms with Crippen LogP contribution in [-0.4, -0.2) is 13.2 Å². The van der Waals surface area contributed by atoms with E-state index in [0.29, 0.717) is 5.92 Å². The van der Waals surface area contributed by atoms with Gasteiger partial charge in [0.15, 0.2) is 0 Å². The zero-order chi connectivity index (χ0) is 10.3. The van der Waals surface area contributed by atoms with Crippen LogP contribution in [0.2, 0.25) is 0 Å². The Morgan fingerprint density at radius 1 is 1.33 bits per heavy atom. The van der Waals surface area contributed by atoms with Gasteiger partial charge in [-0.1, -0.05) is 18.2 Å². The van der Waals surface area contributed by atoms with E-state index in [4.69, 9.17) is 10.5 Å². The van der Waals surface area contributed by atoms with Gasteiger partial charge >= 0.3 is 0 Å². The molecule has 1 aliphatic heterocycles. The summed E-state index contributed by atoms with van der Waals surface area (Å²) in [5, 5.41) is 0. The van der Waals surface area contributed by atoms with Gasteiger partial charge in [-0.25, -0.2) is 0 Å². The van der Waals surface area contributed by atoms with E-state index in [1.165, 1.54) is 12.0 Å². The van der Waals surface area contributed by atoms with Crippen LogP contribution >= 0.6 is 0 Å². The lowest BCUT2D eigenvalue weighted by atomic mass is 9.88. The number of benzene rings is 1. The van der Waals surface area contributed by atoms with Gasteiger partial charge in [0, 0.05) is 0 Å². The Balaban J connectivity index is 1.87. The lowest BCUT2D eigenvalue weighted by Gasteiger charge is -2.26. The molecule has 2 aliphatic rings. The molecule has 1 aliphatic carbocycles. The summed E-state index contributed by atoms with van der Waals surface area (Å²) in [4.78, 5) is 0. The average Bonchev–Trinajstić information content (AvgIpc) is 3.07. The normalized spacial score (nSPS) is 33.0. The van der Waals surface area contributed by atoms with E-state index < -0.39 is 0 Å². The fourth-order valence-corrected chi connectivity index (χ4v) is 2.85. The van der Waals surface area contributed by atoms with Crippen LogP contribution in [0.4, 0.5) is 0 Å². The van der Waals surface area contributed by atoms with Crippen molar-refractivity contribution in [3.05, 3.63) is 29.8 Å². The predicted molar refractivity (Wildman–Crippen MR) is 59.9 cm³/mol. The lowest BCUT2D eigenvalue weighted by molar-refractivity contribution is 0.256. The molecule has 15 heavy (non-hydrogen) atoms. The zero-order valence-electron chi connectivity index (χ0n) is 8.86. The maximum absolute atomic E-state index is 5.72. The summed E-state index contributed by atoms with van der Waals surface area (Å²) in [6, 6.07) is 8.46. The van der Waals surface area contributed by atoms with Gasteiger partial charge < -0.3 is 10.5 Å². The van der Waals surface area contributed by atoms with Crippen molar-refractivity contribution in [3.63, 3.8) is 0 Å². The van der Waals surface area contributed by atoms with E-state index >= 15 is 0 Å². The Morgan fingerprint density at radius 3 is 3.00 bits per heavy atom. The predicted octanol–water partition coefficient (Wildman–Crippen LogP) is 2.15. The number of nitrogens with two attached hydrogens (primary N) is 1. The topological polar surface area (TPSA) is 35.2 Å². The van der Waals surface area contributed by atoms with E-state index in [0.717, 1.165) is 37.2 Å². The molecule has 2 heteroatoms. The van der Waals surface area contributed by atoms with Crippen LogP contribution in [-0.2, 0) is 0 Å². The van der Waals surface area contributed by atoms with Crippen LogP contribution < -0.4 is 10.5 Å². The molecule has 0 amide bonds. The number of hydrogen-bond acceptors (Lipinski definition) is 2. The van der Waals surface area contributed by atoms with Gasteiger partial charge in [0.1, 0.15) is 5.75 Å². The molecule has 1 aromatic rings. The van der Waals surface area contributed by atoms with Gasteiger partial charge in [0.05, 0.1) is 6.61 Å². The number of ether oxygens (including phenoxy) is 1. The summed E-state index contributed by atoms with van der Waals surface area (Å²) < 4.78 is 5.67. The lowest BCUT2D eigenvalue weighted by Crippen LogP contribution is -2.17. The van der Waals surface area contributed by atoms with Crippen molar-refractivity contribution >= 4 is 0 Å². The summed E-state index contributed by atoms with van der Waals surface area (Å²) in [6.07, 6.45) is 2.48. The van der Waals surface area contributed by atoms with Gasteiger partial charge in [-0.3, -0.25) is 0 Å². The molecule has 1 heterocycles. The largest absolute Gasteiger partial charge is 0.493 e. The van der Waals surface area contributed by atoms with Crippen molar-refractivity contribution in [2.75, 3.05) is 13.2 Å². The first kappa shape index (κ1) is 9.22. The summed E-state index contributed by atoms with van der Waals surface area (Å²) in [7, 11) is 0. The molecule has 80 valence electrons. The first-order valence-electron chi connectivity index (χ1n) is 5.82. The molecule has 0 radical (unpaired) electrons. The van der Waals surface area contributed by atoms with Gasteiger partial charge in [-0.15, -0.1) is 0 Å². The second kappa shape index (κ2) is 3.53. The fraction of sp³-hybridized carbons (Fsp3) is 0.538. The SMILES string of the molecule is NC[C@@H]1C[C@H]1C1CCOc2ccccc21. The van der Waals surface area contributed by atoms with Crippen LogP contribution in [0.25, 0.3) is 0 Å². The minimum absolute atomic E-state index is 0.698. The van der Waals surface area contributed by atoms with Gasteiger partial charge in [-0.05, 0) is 48.8 Å². The fourth-order valence-electron chi connectivity index (χ4n) is 2.85. The highest BCUT2D eigenvalue weighted by Crippen LogP contribution is 2.52. The van der Waals surface area contributed by atoms with E-state index in [9.17, 15) is 0 Å². The second-order valence-electron chi connectivity index (χ2n) is 4.68. The van der Waals surface area contributed by atoms with Crippen LogP contribution in [0.1, 0.15) is 24.3 Å². The number of para-hydroxylation sites is 1. The van der Waals surface area contributed by atoms with E-state index in [1.54, 1.807) is 0 Å². The number of hydrogen-bond donors (Lipinski definition) is 1. The van der Waals surface area contributed by atoms with Crippen molar-refractivity contribution < 1.29 is 4.74 Å². The third-order valence-electron chi connectivity index (χ3n) is 3.80. The van der Waals surface area contributed by atoms with Crippen molar-refractivity contribution in [1.29, 1.82) is 0 Å². The first-order valence-corrected chi connectivity index (χ1v) is 5.82. The van der Waals surface area contributed by atoms with E-state index in [-0.39, 0.29) is 0 Å². The van der Waals surface area contributed by atoms with E-state index in [2.05, 4.69) is 24.3 Å². The standard InChI is InChI=1S/C13H17NO/c14-8-9-7-12(9)10-5-6-15-13-4-2-1-3-11(10)13/h1-4,9-10,12H,5-8,14H2/t9-,10?,12+/m0/s1. The monoisotopic (exact) mass is 203 g/mol. The Bertz CT molecular complexity index is 363. The highest BCUT2D eigenvalue weighted by Gasteiger charge is 2.43. The molecule has 0 aromatic heterocycles. The maximum atomic E-state index is 5.72. The Kier molecular flexibility index (Phi) is 2.17. The molecule has 0 bridgehead atoms. The third kappa shape index (κ3) is 1.53. The van der Waals surface area contributed by atoms with E-state index in [1.807, 2.05) is 0 Å². The zero-order valence-corrected chi connectivity index (χ0v) is 8.86. The maximum Gasteiger partial charge on any atom is 0.122 e. The molecular weight excluding hydrogens is 186 g/mol. The molecule has 3 rings (SSSR count). The highest BCUT2D eigenvalue weighted by atomic mass is 16.5. The molecule has 1 fully saturated rings. The molecular formula is C13H17NO. The molecule has 1 aromatic carbocycles. The Labute approximate surface area is 90.4 Å². The van der Waals surface area contributed by atoms with Crippen LogP contribution in [0.15, 0.2) is 24.3 Å². The number of fused-ring (bicyclic) bond motifs is 1.